The second-order valence-electron chi connectivity index (χ2n) is 4.74. The Bertz CT molecular complexity index is 545. The highest BCUT2D eigenvalue weighted by atomic mass is 32.2. The first-order valence-electron chi connectivity index (χ1n) is 6.33. The van der Waals surface area contributed by atoms with Crippen LogP contribution in [0.15, 0.2) is 16.3 Å². The Morgan fingerprint density at radius 1 is 1.37 bits per heavy atom. The highest BCUT2D eigenvalue weighted by Crippen LogP contribution is 2.20. The zero-order valence-electron chi connectivity index (χ0n) is 10.8. The molecule has 0 bridgehead atoms. The lowest BCUT2D eigenvalue weighted by molar-refractivity contribution is -0.120. The van der Waals surface area contributed by atoms with E-state index in [1.807, 2.05) is 6.92 Å². The fourth-order valence-electron chi connectivity index (χ4n) is 2.14. The van der Waals surface area contributed by atoms with Gasteiger partial charge in [-0.2, -0.15) is 0 Å². The van der Waals surface area contributed by atoms with E-state index in [1.54, 1.807) is 12.1 Å². The second-order valence-corrected chi connectivity index (χ2v) is 8.02. The molecule has 0 aliphatic heterocycles. The van der Waals surface area contributed by atoms with Crippen LogP contribution in [0.5, 0.6) is 0 Å². The quantitative estimate of drug-likeness (QED) is 0.863. The Kier molecular flexibility index (Phi) is 4.59. The van der Waals surface area contributed by atoms with Crippen molar-refractivity contribution < 1.29 is 13.2 Å². The maximum atomic E-state index is 11.9. The number of sulfonamides is 1. The number of thiophene rings is 1. The van der Waals surface area contributed by atoms with Gasteiger partial charge in [-0.25, -0.2) is 13.1 Å². The average Bonchev–Trinajstić information content (AvgIpc) is 2.98. The summed E-state index contributed by atoms with van der Waals surface area (Å²) in [5.41, 5.74) is 0. The van der Waals surface area contributed by atoms with Crippen molar-refractivity contribution in [3.05, 3.63) is 17.0 Å². The third-order valence-corrected chi connectivity index (χ3v) is 6.02. The van der Waals surface area contributed by atoms with Gasteiger partial charge in [0.2, 0.25) is 5.91 Å². The van der Waals surface area contributed by atoms with Gasteiger partial charge in [0, 0.05) is 10.9 Å². The van der Waals surface area contributed by atoms with E-state index < -0.39 is 10.0 Å². The van der Waals surface area contributed by atoms with Gasteiger partial charge in [-0.3, -0.25) is 4.79 Å². The van der Waals surface area contributed by atoms with Gasteiger partial charge in [0.05, 0.1) is 6.54 Å². The molecule has 5 nitrogen and oxygen atoms in total. The van der Waals surface area contributed by atoms with Crippen LogP contribution in [0.1, 0.15) is 30.6 Å². The first-order valence-corrected chi connectivity index (χ1v) is 8.63. The predicted molar refractivity (Wildman–Crippen MR) is 74.6 cm³/mol. The van der Waals surface area contributed by atoms with Gasteiger partial charge >= 0.3 is 0 Å². The molecule has 19 heavy (non-hydrogen) atoms. The van der Waals surface area contributed by atoms with E-state index in [0.717, 1.165) is 30.6 Å². The number of nitrogens with one attached hydrogen (secondary N) is 2. The molecule has 0 saturated heterocycles. The van der Waals surface area contributed by atoms with Crippen molar-refractivity contribution >= 4 is 27.3 Å². The Morgan fingerprint density at radius 2 is 2.05 bits per heavy atom. The highest BCUT2D eigenvalue weighted by molar-refractivity contribution is 7.91. The van der Waals surface area contributed by atoms with Gasteiger partial charge in [0.1, 0.15) is 4.21 Å². The molecule has 1 saturated carbocycles. The van der Waals surface area contributed by atoms with E-state index in [1.165, 1.54) is 11.3 Å². The third-order valence-electron chi connectivity index (χ3n) is 3.12. The molecule has 2 N–H and O–H groups in total. The Labute approximate surface area is 117 Å². The van der Waals surface area contributed by atoms with E-state index in [4.69, 9.17) is 0 Å². The number of aryl methyl sites for hydroxylation is 1. The summed E-state index contributed by atoms with van der Waals surface area (Å²) in [6.07, 6.45) is 4.24. The summed E-state index contributed by atoms with van der Waals surface area (Å²) in [6, 6.07) is 3.51. The van der Waals surface area contributed by atoms with Crippen LogP contribution in [0, 0.1) is 6.92 Å². The van der Waals surface area contributed by atoms with Gasteiger partial charge in [-0.1, -0.05) is 12.8 Å². The Morgan fingerprint density at radius 3 is 2.63 bits per heavy atom. The molecule has 0 unspecified atom stereocenters. The monoisotopic (exact) mass is 302 g/mol. The molecule has 0 aromatic carbocycles. The lowest BCUT2D eigenvalue weighted by Gasteiger charge is -2.12. The molecule has 0 radical (unpaired) electrons. The molecule has 1 aromatic heterocycles. The smallest absolute Gasteiger partial charge is 0.250 e. The lowest BCUT2D eigenvalue weighted by atomic mass is 10.2. The number of rotatable bonds is 5. The first kappa shape index (κ1) is 14.5. The van der Waals surface area contributed by atoms with Crippen molar-refractivity contribution in [2.75, 3.05) is 6.54 Å². The molecular weight excluding hydrogens is 284 g/mol. The molecule has 1 heterocycles. The molecule has 1 aromatic rings. The third kappa shape index (κ3) is 4.02. The van der Waals surface area contributed by atoms with Crippen molar-refractivity contribution in [2.45, 2.75) is 42.9 Å². The van der Waals surface area contributed by atoms with Crippen LogP contribution in [0.25, 0.3) is 0 Å². The van der Waals surface area contributed by atoms with Crippen LogP contribution in [0.2, 0.25) is 0 Å². The predicted octanol–water partition coefficient (Wildman–Crippen LogP) is 1.39. The minimum Gasteiger partial charge on any atom is -0.352 e. The Hall–Kier alpha value is -0.920. The van der Waals surface area contributed by atoms with Crippen LogP contribution in [0.3, 0.4) is 0 Å². The zero-order chi connectivity index (χ0) is 13.9. The summed E-state index contributed by atoms with van der Waals surface area (Å²) in [5, 5.41) is 2.85. The number of hydrogen-bond donors (Lipinski definition) is 2. The van der Waals surface area contributed by atoms with Crippen LogP contribution in [0.4, 0.5) is 0 Å². The molecule has 2 rings (SSSR count). The largest absolute Gasteiger partial charge is 0.352 e. The minimum atomic E-state index is -3.56. The van der Waals surface area contributed by atoms with Crippen LogP contribution < -0.4 is 10.0 Å². The molecule has 0 spiro atoms. The highest BCUT2D eigenvalue weighted by Gasteiger charge is 2.20. The van der Waals surface area contributed by atoms with Crippen LogP contribution in [-0.4, -0.2) is 26.9 Å². The van der Waals surface area contributed by atoms with Gasteiger partial charge in [-0.15, -0.1) is 11.3 Å². The van der Waals surface area contributed by atoms with Crippen molar-refractivity contribution in [1.82, 2.24) is 10.0 Å². The topological polar surface area (TPSA) is 75.3 Å². The molecule has 0 atom stereocenters. The maximum Gasteiger partial charge on any atom is 0.250 e. The van der Waals surface area contributed by atoms with Gasteiger partial charge in [0.25, 0.3) is 10.0 Å². The van der Waals surface area contributed by atoms with Gasteiger partial charge in [-0.05, 0) is 31.9 Å². The summed E-state index contributed by atoms with van der Waals surface area (Å²) in [4.78, 5) is 12.6. The van der Waals surface area contributed by atoms with E-state index in [-0.39, 0.29) is 22.7 Å². The van der Waals surface area contributed by atoms with E-state index in [2.05, 4.69) is 10.0 Å². The Balaban J connectivity index is 1.85. The molecular formula is C12H18N2O3S2. The molecule has 1 aliphatic carbocycles. The SMILES string of the molecule is Cc1ccc(S(=O)(=O)NCC(=O)NC2CCCC2)s1. The number of amides is 1. The van der Waals surface area contributed by atoms with E-state index in [0.29, 0.717) is 0 Å². The molecule has 1 amide bonds. The summed E-state index contributed by atoms with van der Waals surface area (Å²) in [5.74, 6) is -0.260. The van der Waals surface area contributed by atoms with Crippen molar-refractivity contribution in [3.63, 3.8) is 0 Å². The van der Waals surface area contributed by atoms with E-state index >= 15 is 0 Å². The van der Waals surface area contributed by atoms with Crippen molar-refractivity contribution in [3.8, 4) is 0 Å². The summed E-state index contributed by atoms with van der Waals surface area (Å²) in [7, 11) is -3.56. The zero-order valence-corrected chi connectivity index (χ0v) is 12.4. The fourth-order valence-corrected chi connectivity index (χ4v) is 4.45. The molecule has 1 aliphatic rings. The molecule has 7 heteroatoms. The van der Waals surface area contributed by atoms with Crippen LogP contribution in [-0.2, 0) is 14.8 Å². The summed E-state index contributed by atoms with van der Waals surface area (Å²) >= 11 is 1.20. The minimum absolute atomic E-state index is 0.199. The standard InChI is InChI=1S/C12H18N2O3S2/c1-9-6-7-12(18-9)19(16,17)13-8-11(15)14-10-4-2-3-5-10/h6-7,10,13H,2-5,8H2,1H3,(H,14,15). The first-order chi connectivity index (χ1) is 8.97. The van der Waals surface area contributed by atoms with Gasteiger partial charge in [0.15, 0.2) is 0 Å². The fraction of sp³-hybridized carbons (Fsp3) is 0.583. The number of hydrogen-bond acceptors (Lipinski definition) is 4. The average molecular weight is 302 g/mol. The van der Waals surface area contributed by atoms with E-state index in [9.17, 15) is 13.2 Å². The maximum absolute atomic E-state index is 11.9. The van der Waals surface area contributed by atoms with Gasteiger partial charge < -0.3 is 5.32 Å². The van der Waals surface area contributed by atoms with Crippen molar-refractivity contribution in [1.29, 1.82) is 0 Å². The van der Waals surface area contributed by atoms with Crippen molar-refractivity contribution in [2.24, 2.45) is 0 Å². The summed E-state index contributed by atoms with van der Waals surface area (Å²) < 4.78 is 26.4. The molecule has 1 fully saturated rings. The molecule has 106 valence electrons. The lowest BCUT2D eigenvalue weighted by Crippen LogP contribution is -2.40. The summed E-state index contributed by atoms with van der Waals surface area (Å²) in [6.45, 7) is 1.65. The second kappa shape index (κ2) is 6.02. The number of carbonyl (C=O) groups excluding carboxylic acids is 1. The number of carbonyl (C=O) groups is 1. The van der Waals surface area contributed by atoms with Crippen LogP contribution >= 0.6 is 11.3 Å². The normalized spacial score (nSPS) is 16.7.